The summed E-state index contributed by atoms with van der Waals surface area (Å²) in [6.07, 6.45) is -5.58. The van der Waals surface area contributed by atoms with Gasteiger partial charge in [0.2, 0.25) is 0 Å². The van der Waals surface area contributed by atoms with E-state index in [4.69, 9.17) is 0 Å². The van der Waals surface area contributed by atoms with Gasteiger partial charge in [0.1, 0.15) is 0 Å². The van der Waals surface area contributed by atoms with Crippen LogP contribution in [0.25, 0.3) is 0 Å². The number of halogens is 5. The van der Waals surface area contributed by atoms with E-state index in [0.717, 1.165) is 0 Å². The molecule has 0 saturated carbocycles. The molecule has 0 radical (unpaired) electrons. The quantitative estimate of drug-likeness (QED) is 0.433. The van der Waals surface area contributed by atoms with Gasteiger partial charge in [0.05, 0.1) is 0 Å². The van der Waals surface area contributed by atoms with Crippen molar-refractivity contribution in [3.8, 4) is 0 Å². The molecule has 0 aliphatic rings. The van der Waals surface area contributed by atoms with Gasteiger partial charge >= 0.3 is 20.3 Å². The second-order valence-corrected chi connectivity index (χ2v) is 9.02. The van der Waals surface area contributed by atoms with Crippen molar-refractivity contribution in [2.24, 2.45) is 0 Å². The second kappa shape index (κ2) is 8.73. The van der Waals surface area contributed by atoms with Gasteiger partial charge in [-0.1, -0.05) is 41.5 Å². The Morgan fingerprint density at radius 2 is 0.783 bits per heavy atom. The minimum Gasteiger partial charge on any atom is -0.296 e. The minimum absolute atomic E-state index is 0.154. The van der Waals surface area contributed by atoms with Crippen molar-refractivity contribution >= 4 is 8.56 Å². The van der Waals surface area contributed by atoms with Crippen LogP contribution in [0.3, 0.4) is 0 Å². The lowest BCUT2D eigenvalue weighted by Gasteiger charge is -2.55. The highest BCUT2D eigenvalue weighted by molar-refractivity contribution is 6.74. The Morgan fingerprint density at radius 3 is 0.913 bits per heavy atom. The van der Waals surface area contributed by atoms with E-state index >= 15 is 0 Å². The van der Waals surface area contributed by atoms with E-state index in [0.29, 0.717) is 0 Å². The summed E-state index contributed by atoms with van der Waals surface area (Å²) in [5, 5.41) is 0. The summed E-state index contributed by atoms with van der Waals surface area (Å²) in [7, 11) is -4.51. The summed E-state index contributed by atoms with van der Waals surface area (Å²) in [6.45, 7) is 10.8. The zero-order valence-corrected chi connectivity index (χ0v) is 16.0. The molecule has 0 spiro atoms. The largest absolute Gasteiger partial charge is 0.454 e. The van der Waals surface area contributed by atoms with E-state index in [1.807, 2.05) is 0 Å². The number of rotatable bonds is 10. The first kappa shape index (κ1) is 22.7. The van der Waals surface area contributed by atoms with E-state index in [1.165, 1.54) is 13.7 Å². The monoisotopic (exact) mass is 363 g/mol. The Balaban J connectivity index is 6.71. The maximum Gasteiger partial charge on any atom is 0.454 e. The minimum atomic E-state index is -5.58. The fraction of sp³-hybridized carbons (Fsp3) is 1.00. The van der Waals surface area contributed by atoms with Gasteiger partial charge in [0.25, 0.3) is 0 Å². The van der Waals surface area contributed by atoms with E-state index in [2.05, 4.69) is 0 Å². The molecule has 0 aromatic carbocycles. The van der Waals surface area contributed by atoms with Crippen LogP contribution in [0, 0.1) is 0 Å². The summed E-state index contributed by atoms with van der Waals surface area (Å²) < 4.78 is 74.2. The van der Waals surface area contributed by atoms with Crippen molar-refractivity contribution in [2.45, 2.75) is 53.3 Å². The summed E-state index contributed by atoms with van der Waals surface area (Å²) in [4.78, 5) is 0. The van der Waals surface area contributed by atoms with Crippen LogP contribution >= 0.6 is 0 Å². The van der Waals surface area contributed by atoms with E-state index in [9.17, 15) is 22.0 Å². The molecule has 0 bridgehead atoms. The first-order chi connectivity index (χ1) is 10.6. The molecule has 0 aliphatic carbocycles. The molecular weight excluding hydrogens is 333 g/mol. The highest BCUT2D eigenvalue weighted by Crippen LogP contribution is 2.46. The van der Waals surface area contributed by atoms with Crippen molar-refractivity contribution in [3.63, 3.8) is 0 Å². The summed E-state index contributed by atoms with van der Waals surface area (Å²) in [5.41, 5.74) is -4.76. The lowest BCUT2D eigenvalue weighted by Crippen LogP contribution is -2.85. The topological polar surface area (TPSA) is 9.72 Å². The van der Waals surface area contributed by atoms with Gasteiger partial charge in [-0.3, -0.25) is 13.7 Å². The van der Waals surface area contributed by atoms with E-state index in [1.54, 1.807) is 41.5 Å². The Hall–Kier alpha value is -0.253. The fourth-order valence-corrected chi connectivity index (χ4v) is 8.80. The van der Waals surface area contributed by atoms with E-state index in [-0.39, 0.29) is 39.3 Å². The molecule has 9 heteroatoms. The number of hydrogen-bond donors (Lipinski definition) is 0. The van der Waals surface area contributed by atoms with Gasteiger partial charge in [-0.2, -0.15) is 22.0 Å². The van der Waals surface area contributed by atoms with Crippen LogP contribution < -0.4 is 0 Å². The third kappa shape index (κ3) is 3.72. The summed E-state index contributed by atoms with van der Waals surface area (Å²) in [6, 6.07) is 0. The van der Waals surface area contributed by atoms with Crippen LogP contribution in [-0.4, -0.2) is 73.2 Å². The molecule has 0 N–H and O–H groups in total. The molecule has 0 unspecified atom stereocenters. The van der Waals surface area contributed by atoms with Crippen LogP contribution in [0.4, 0.5) is 22.0 Å². The van der Waals surface area contributed by atoms with Crippen molar-refractivity contribution in [1.82, 2.24) is 13.7 Å². The van der Waals surface area contributed by atoms with Gasteiger partial charge in [0, 0.05) is 0 Å². The standard InChI is InChI=1S/C14H30F5N3Si/c1-7-20(8-2)23(21(9-3)10-4,22(11-5)12-6)14(18,19)13(15,16)17/h7-12H2,1-6H3. The summed E-state index contributed by atoms with van der Waals surface area (Å²) >= 11 is 0. The third-order valence-corrected chi connectivity index (χ3v) is 10.1. The fourth-order valence-electron chi connectivity index (χ4n) is 3.38. The third-order valence-electron chi connectivity index (χ3n) is 4.39. The van der Waals surface area contributed by atoms with Gasteiger partial charge in [-0.15, -0.1) is 0 Å². The predicted octanol–water partition coefficient (Wildman–Crippen LogP) is 3.69. The van der Waals surface area contributed by atoms with Crippen LogP contribution in [0.5, 0.6) is 0 Å². The highest BCUT2D eigenvalue weighted by Gasteiger charge is 2.78. The maximum atomic E-state index is 14.9. The maximum absolute atomic E-state index is 14.9. The molecule has 0 aliphatic heterocycles. The molecule has 140 valence electrons. The average molecular weight is 363 g/mol. The molecule has 0 atom stereocenters. The SMILES string of the molecule is CCN(CC)[Si](N(CC)CC)(N(CC)CC)C(F)(F)C(F)(F)F. The first-order valence-corrected chi connectivity index (χ1v) is 10.1. The van der Waals surface area contributed by atoms with Crippen molar-refractivity contribution in [1.29, 1.82) is 0 Å². The molecular formula is C14H30F5N3Si. The lowest BCUT2D eigenvalue weighted by atomic mass is 10.6. The van der Waals surface area contributed by atoms with Gasteiger partial charge < -0.3 is 0 Å². The van der Waals surface area contributed by atoms with Crippen LogP contribution in [0.15, 0.2) is 0 Å². The molecule has 23 heavy (non-hydrogen) atoms. The lowest BCUT2D eigenvalue weighted by molar-refractivity contribution is -0.257. The molecule has 0 aromatic rings. The zero-order valence-electron chi connectivity index (χ0n) is 15.0. The predicted molar refractivity (Wildman–Crippen MR) is 85.5 cm³/mol. The molecule has 0 amide bonds. The highest BCUT2D eigenvalue weighted by atomic mass is 28.4. The Kier molecular flexibility index (Phi) is 8.63. The van der Waals surface area contributed by atoms with Crippen LogP contribution in [0.2, 0.25) is 0 Å². The summed E-state index contributed by atoms with van der Waals surface area (Å²) in [5.74, 6) is 0. The number of hydrogen-bond acceptors (Lipinski definition) is 3. The van der Waals surface area contributed by atoms with Crippen LogP contribution in [0.1, 0.15) is 41.5 Å². The Morgan fingerprint density at radius 1 is 0.565 bits per heavy atom. The Labute approximate surface area is 137 Å². The molecule has 3 nitrogen and oxygen atoms in total. The average Bonchev–Trinajstić information content (AvgIpc) is 2.48. The van der Waals surface area contributed by atoms with Crippen molar-refractivity contribution in [2.75, 3.05) is 39.3 Å². The molecule has 0 aromatic heterocycles. The van der Waals surface area contributed by atoms with Gasteiger partial charge in [-0.25, -0.2) is 0 Å². The first-order valence-electron chi connectivity index (χ1n) is 8.26. The normalized spacial score (nSPS) is 14.3. The molecule has 0 heterocycles. The second-order valence-electron chi connectivity index (χ2n) is 5.22. The number of alkyl halides is 5. The van der Waals surface area contributed by atoms with Gasteiger partial charge in [-0.05, 0) is 39.3 Å². The molecule has 0 fully saturated rings. The van der Waals surface area contributed by atoms with Crippen molar-refractivity contribution < 1.29 is 22.0 Å². The smallest absolute Gasteiger partial charge is 0.296 e. The van der Waals surface area contributed by atoms with Crippen LogP contribution in [-0.2, 0) is 0 Å². The van der Waals surface area contributed by atoms with Crippen molar-refractivity contribution in [3.05, 3.63) is 0 Å². The Bertz CT molecular complexity index is 309. The molecule has 0 saturated heterocycles. The van der Waals surface area contributed by atoms with E-state index < -0.39 is 20.3 Å². The molecule has 0 rings (SSSR count). The zero-order chi connectivity index (χ0) is 18.5. The van der Waals surface area contributed by atoms with Gasteiger partial charge in [0.15, 0.2) is 0 Å². The number of nitrogens with zero attached hydrogens (tertiary/aromatic N) is 3.